The van der Waals surface area contributed by atoms with Crippen molar-refractivity contribution in [3.8, 4) is 0 Å². The van der Waals surface area contributed by atoms with Crippen LogP contribution in [0.5, 0.6) is 0 Å². The highest BCUT2D eigenvalue weighted by atomic mass is 28.4. The van der Waals surface area contributed by atoms with Gasteiger partial charge in [-0.05, 0) is 37.3 Å². The third-order valence-corrected chi connectivity index (χ3v) is 13.0. The number of ether oxygens (including phenoxy) is 2. The summed E-state index contributed by atoms with van der Waals surface area (Å²) in [5, 5.41) is 0. The van der Waals surface area contributed by atoms with Crippen LogP contribution in [-0.2, 0) is 13.6 Å². The fraction of sp³-hybridized carbons (Fsp3) is 0.400. The van der Waals surface area contributed by atoms with E-state index in [1.54, 1.807) is 0 Å². The lowest BCUT2D eigenvalue weighted by Gasteiger charge is -2.32. The van der Waals surface area contributed by atoms with Crippen LogP contribution in [0, 0.1) is 0 Å². The van der Waals surface area contributed by atoms with E-state index in [2.05, 4.69) is 74.7 Å². The summed E-state index contributed by atoms with van der Waals surface area (Å²) in [5.41, 5.74) is 3.02. The molecule has 3 nitrogen and oxygen atoms in total. The van der Waals surface area contributed by atoms with Gasteiger partial charge in [-0.1, -0.05) is 60.7 Å². The van der Waals surface area contributed by atoms with Crippen LogP contribution < -0.4 is 0 Å². The average molecular weight is 371 g/mol. The highest BCUT2D eigenvalue weighted by molar-refractivity contribution is 6.86. The number of rotatable bonds is 6. The third-order valence-electron chi connectivity index (χ3n) is 5.14. The summed E-state index contributed by atoms with van der Waals surface area (Å²) in [6.45, 7) is 9.15. The summed E-state index contributed by atoms with van der Waals surface area (Å²) in [7, 11) is -3.89. The van der Waals surface area contributed by atoms with E-state index in [0.717, 1.165) is 0 Å². The molecule has 5 heteroatoms. The van der Waals surface area contributed by atoms with Crippen LogP contribution in [-0.4, -0.2) is 28.1 Å². The zero-order chi connectivity index (χ0) is 17.7. The highest BCUT2D eigenvalue weighted by Crippen LogP contribution is 2.49. The largest absolute Gasteiger partial charge is 0.452 e. The predicted octanol–water partition coefficient (Wildman–Crippen LogP) is 4.77. The number of benzene rings is 2. The Labute approximate surface area is 152 Å². The van der Waals surface area contributed by atoms with Crippen molar-refractivity contribution in [1.82, 2.24) is 0 Å². The molecule has 2 aliphatic rings. The summed E-state index contributed by atoms with van der Waals surface area (Å²) >= 11 is 0. The minimum atomic E-state index is -1.94. The lowest BCUT2D eigenvalue weighted by Crippen LogP contribution is -2.52. The first-order valence-corrected chi connectivity index (χ1v) is 15.0. The van der Waals surface area contributed by atoms with Crippen LogP contribution >= 0.6 is 0 Å². The van der Waals surface area contributed by atoms with Gasteiger partial charge in [0.15, 0.2) is 0 Å². The van der Waals surface area contributed by atoms with Gasteiger partial charge in [-0.15, -0.1) is 0 Å². The molecule has 2 aromatic rings. The Morgan fingerprint density at radius 1 is 0.640 bits per heavy atom. The summed E-state index contributed by atoms with van der Waals surface area (Å²) in [4.78, 5) is 0. The Morgan fingerprint density at radius 2 is 1.00 bits per heavy atom. The molecule has 0 aliphatic carbocycles. The molecule has 4 rings (SSSR count). The first kappa shape index (κ1) is 17.2. The summed E-state index contributed by atoms with van der Waals surface area (Å²) < 4.78 is 18.9. The molecule has 4 atom stereocenters. The van der Waals surface area contributed by atoms with E-state index in [-0.39, 0.29) is 23.7 Å². The summed E-state index contributed by atoms with van der Waals surface area (Å²) in [5.74, 6) is 0. The maximum Gasteiger partial charge on any atom is 0.206 e. The molecule has 0 radical (unpaired) electrons. The van der Waals surface area contributed by atoms with E-state index >= 15 is 0 Å². The van der Waals surface area contributed by atoms with Crippen LogP contribution in [0.2, 0.25) is 26.2 Å². The monoisotopic (exact) mass is 370 g/mol. The van der Waals surface area contributed by atoms with Crippen molar-refractivity contribution in [2.45, 2.75) is 49.9 Å². The Kier molecular flexibility index (Phi) is 4.24. The van der Waals surface area contributed by atoms with E-state index in [0.29, 0.717) is 0 Å². The fourth-order valence-electron chi connectivity index (χ4n) is 3.87. The van der Waals surface area contributed by atoms with Crippen LogP contribution in [0.1, 0.15) is 23.3 Å². The molecular formula is C20H26O3Si2. The first-order chi connectivity index (χ1) is 11.9. The van der Waals surface area contributed by atoms with E-state index < -0.39 is 16.6 Å². The van der Waals surface area contributed by atoms with Crippen molar-refractivity contribution in [2.24, 2.45) is 0 Å². The van der Waals surface area contributed by atoms with Gasteiger partial charge in [-0.3, -0.25) is 0 Å². The van der Waals surface area contributed by atoms with Crippen molar-refractivity contribution in [1.29, 1.82) is 0 Å². The van der Waals surface area contributed by atoms with Gasteiger partial charge in [0.05, 0.1) is 0 Å². The zero-order valence-corrected chi connectivity index (χ0v) is 17.3. The summed E-state index contributed by atoms with van der Waals surface area (Å²) in [6.07, 6.45) is 0.412. The number of epoxide rings is 2. The van der Waals surface area contributed by atoms with Crippen molar-refractivity contribution < 1.29 is 13.6 Å². The van der Waals surface area contributed by atoms with Crippen LogP contribution in [0.15, 0.2) is 60.7 Å². The Morgan fingerprint density at radius 3 is 1.36 bits per heavy atom. The van der Waals surface area contributed by atoms with E-state index in [1.165, 1.54) is 11.1 Å². The average Bonchev–Trinajstić information content (AvgIpc) is 3.48. The maximum atomic E-state index is 6.80. The second kappa shape index (κ2) is 6.18. The number of hydrogen-bond donors (Lipinski definition) is 0. The van der Waals surface area contributed by atoms with Gasteiger partial charge < -0.3 is 13.6 Å². The van der Waals surface area contributed by atoms with Crippen molar-refractivity contribution >= 4 is 16.6 Å². The molecule has 0 bridgehead atoms. The molecule has 0 saturated carbocycles. The van der Waals surface area contributed by atoms with E-state index in [9.17, 15) is 0 Å². The molecule has 4 unspecified atom stereocenters. The second-order valence-electron chi connectivity index (χ2n) is 8.08. The molecule has 0 N–H and O–H groups in total. The zero-order valence-electron chi connectivity index (χ0n) is 15.3. The molecule has 2 fully saturated rings. The number of hydrogen-bond acceptors (Lipinski definition) is 3. The minimum absolute atomic E-state index is 0.206. The molecule has 0 aromatic heterocycles. The van der Waals surface area contributed by atoms with Crippen LogP contribution in [0.3, 0.4) is 0 Å². The van der Waals surface area contributed by atoms with Gasteiger partial charge in [0.2, 0.25) is 16.6 Å². The van der Waals surface area contributed by atoms with Crippen molar-refractivity contribution in [3.05, 3.63) is 71.8 Å². The normalized spacial score (nSPS) is 28.6. The Bertz CT molecular complexity index is 670. The highest BCUT2D eigenvalue weighted by Gasteiger charge is 2.59. The molecule has 132 valence electrons. The predicted molar refractivity (Wildman–Crippen MR) is 104 cm³/mol. The second-order valence-corrected chi connectivity index (χ2v) is 16.5. The molecule has 2 saturated heterocycles. The Hall–Kier alpha value is -1.25. The molecule has 2 aliphatic heterocycles. The lowest BCUT2D eigenvalue weighted by atomic mass is 10.2. The maximum absolute atomic E-state index is 6.80. The standard InChI is InChI=1S/C20H26O3Si2/c1-24(2,19-17(21-19)15-11-7-5-8-12-15)23-25(3,4)20-18(22-20)16-13-9-6-10-14-16/h5-14,17-20H,1-4H3. The molecular weight excluding hydrogens is 344 g/mol. The smallest absolute Gasteiger partial charge is 0.206 e. The SMILES string of the molecule is C[Si](C)(O[Si](C)(C)C1OC1c1ccccc1)C1OC1c1ccccc1. The van der Waals surface area contributed by atoms with Crippen LogP contribution in [0.25, 0.3) is 0 Å². The fourth-order valence-corrected chi connectivity index (χ4v) is 13.0. The van der Waals surface area contributed by atoms with Gasteiger partial charge in [-0.2, -0.15) is 0 Å². The van der Waals surface area contributed by atoms with Gasteiger partial charge >= 0.3 is 0 Å². The molecule has 25 heavy (non-hydrogen) atoms. The third kappa shape index (κ3) is 3.52. The van der Waals surface area contributed by atoms with Gasteiger partial charge in [0, 0.05) is 0 Å². The van der Waals surface area contributed by atoms with E-state index in [4.69, 9.17) is 13.6 Å². The molecule has 2 heterocycles. The lowest BCUT2D eigenvalue weighted by molar-refractivity contribution is 0.372. The molecule has 0 spiro atoms. The van der Waals surface area contributed by atoms with Crippen molar-refractivity contribution in [2.75, 3.05) is 0 Å². The summed E-state index contributed by atoms with van der Waals surface area (Å²) in [6, 6.07) is 21.0. The van der Waals surface area contributed by atoms with E-state index in [1.807, 2.05) is 12.1 Å². The van der Waals surface area contributed by atoms with Gasteiger partial charge in [0.25, 0.3) is 0 Å². The Balaban J connectivity index is 1.41. The quantitative estimate of drug-likeness (QED) is 0.542. The molecule has 2 aromatic carbocycles. The van der Waals surface area contributed by atoms with Crippen molar-refractivity contribution in [3.63, 3.8) is 0 Å². The topological polar surface area (TPSA) is 34.3 Å². The van der Waals surface area contributed by atoms with Crippen LogP contribution in [0.4, 0.5) is 0 Å². The first-order valence-electron chi connectivity index (χ1n) is 8.99. The van der Waals surface area contributed by atoms with Gasteiger partial charge in [0.1, 0.15) is 23.7 Å². The van der Waals surface area contributed by atoms with Gasteiger partial charge in [-0.25, -0.2) is 0 Å². The minimum Gasteiger partial charge on any atom is -0.452 e. The molecule has 0 amide bonds.